The van der Waals surface area contributed by atoms with Crippen LogP contribution >= 0.6 is 0 Å². The second-order valence-corrected chi connectivity index (χ2v) is 9.21. The normalized spacial score (nSPS) is 29.6. The fraction of sp³-hybridized carbons (Fsp3) is 0.739. The summed E-state index contributed by atoms with van der Waals surface area (Å²) < 4.78 is 0. The largest absolute Gasteiger partial charge is 0.508 e. The van der Waals surface area contributed by atoms with Crippen LogP contribution in [0.3, 0.4) is 0 Å². The fourth-order valence-electron chi connectivity index (χ4n) is 5.13. The Bertz CT molecular complexity index is 569. The monoisotopic (exact) mass is 358 g/mol. The molecule has 2 fully saturated rings. The molecule has 146 valence electrons. The lowest BCUT2D eigenvalue weighted by molar-refractivity contribution is 0.107. The number of likely N-dealkylation sites (tertiary alicyclic amines) is 1. The van der Waals surface area contributed by atoms with Crippen LogP contribution in [0.5, 0.6) is 5.75 Å². The van der Waals surface area contributed by atoms with Crippen LogP contribution in [0, 0.1) is 11.8 Å². The highest BCUT2D eigenvalue weighted by molar-refractivity contribution is 5.33. The van der Waals surface area contributed by atoms with Gasteiger partial charge in [0.25, 0.3) is 0 Å². The molecule has 1 saturated carbocycles. The van der Waals surface area contributed by atoms with Crippen molar-refractivity contribution in [2.75, 3.05) is 19.6 Å². The molecule has 26 heavy (non-hydrogen) atoms. The third kappa shape index (κ3) is 4.80. The van der Waals surface area contributed by atoms with Gasteiger partial charge < -0.3 is 15.7 Å². The SMILES string of the molecule is CC1CN(CCC(N)CC2CCCCC2)CCC1(C)c1cccc(O)c1. The van der Waals surface area contributed by atoms with Gasteiger partial charge in [-0.1, -0.05) is 58.1 Å². The van der Waals surface area contributed by atoms with Crippen LogP contribution in [0.2, 0.25) is 0 Å². The summed E-state index contributed by atoms with van der Waals surface area (Å²) in [6.07, 6.45) is 10.6. The molecule has 1 aliphatic heterocycles. The Morgan fingerprint density at radius 3 is 2.73 bits per heavy atom. The minimum atomic E-state index is 0.152. The average molecular weight is 359 g/mol. The van der Waals surface area contributed by atoms with E-state index < -0.39 is 0 Å². The zero-order valence-corrected chi connectivity index (χ0v) is 16.8. The van der Waals surface area contributed by atoms with Crippen LogP contribution in [0.25, 0.3) is 0 Å². The van der Waals surface area contributed by atoms with Gasteiger partial charge in [0.2, 0.25) is 0 Å². The third-order valence-corrected chi connectivity index (χ3v) is 7.25. The number of benzene rings is 1. The number of hydrogen-bond donors (Lipinski definition) is 2. The summed E-state index contributed by atoms with van der Waals surface area (Å²) in [4.78, 5) is 2.61. The van der Waals surface area contributed by atoms with Crippen molar-refractivity contribution in [1.82, 2.24) is 4.90 Å². The van der Waals surface area contributed by atoms with Crippen molar-refractivity contribution < 1.29 is 5.11 Å². The van der Waals surface area contributed by atoms with Crippen molar-refractivity contribution in [2.24, 2.45) is 17.6 Å². The van der Waals surface area contributed by atoms with E-state index in [0.29, 0.717) is 17.7 Å². The highest BCUT2D eigenvalue weighted by atomic mass is 16.3. The summed E-state index contributed by atoms with van der Waals surface area (Å²) >= 11 is 0. The molecule has 3 rings (SSSR count). The first-order chi connectivity index (χ1) is 12.5. The van der Waals surface area contributed by atoms with Gasteiger partial charge in [-0.25, -0.2) is 0 Å². The van der Waals surface area contributed by atoms with Gasteiger partial charge in [-0.3, -0.25) is 0 Å². The summed E-state index contributed by atoms with van der Waals surface area (Å²) in [5, 5.41) is 9.85. The highest BCUT2D eigenvalue weighted by Gasteiger charge is 2.38. The Hall–Kier alpha value is -1.06. The molecule has 0 amide bonds. The van der Waals surface area contributed by atoms with E-state index in [1.165, 1.54) is 44.1 Å². The summed E-state index contributed by atoms with van der Waals surface area (Å²) in [7, 11) is 0. The van der Waals surface area contributed by atoms with Crippen LogP contribution in [0.15, 0.2) is 24.3 Å². The molecule has 3 nitrogen and oxygen atoms in total. The maximum atomic E-state index is 9.85. The zero-order chi connectivity index (χ0) is 18.6. The molecule has 1 aliphatic carbocycles. The van der Waals surface area contributed by atoms with E-state index >= 15 is 0 Å². The predicted molar refractivity (Wildman–Crippen MR) is 109 cm³/mol. The van der Waals surface area contributed by atoms with E-state index in [9.17, 15) is 5.11 Å². The van der Waals surface area contributed by atoms with E-state index in [1.54, 1.807) is 6.07 Å². The van der Waals surface area contributed by atoms with Crippen LogP contribution in [-0.2, 0) is 5.41 Å². The van der Waals surface area contributed by atoms with Crippen LogP contribution in [0.4, 0.5) is 0 Å². The van der Waals surface area contributed by atoms with Gasteiger partial charge in [-0.2, -0.15) is 0 Å². The molecule has 3 atom stereocenters. The first-order valence-corrected chi connectivity index (χ1v) is 10.7. The Kier molecular flexibility index (Phi) is 6.63. The lowest BCUT2D eigenvalue weighted by Gasteiger charge is -2.45. The number of rotatable bonds is 6. The number of aromatic hydroxyl groups is 1. The highest BCUT2D eigenvalue weighted by Crippen LogP contribution is 2.40. The first-order valence-electron chi connectivity index (χ1n) is 10.7. The topological polar surface area (TPSA) is 49.5 Å². The van der Waals surface area contributed by atoms with E-state index in [0.717, 1.165) is 38.4 Å². The number of phenolic OH excluding ortho intramolecular Hbond substituents is 1. The van der Waals surface area contributed by atoms with Crippen molar-refractivity contribution in [1.29, 1.82) is 0 Å². The molecular formula is C23H38N2O. The number of piperidine rings is 1. The molecule has 1 saturated heterocycles. The molecule has 0 aromatic heterocycles. The summed E-state index contributed by atoms with van der Waals surface area (Å²) in [6.45, 7) is 8.11. The van der Waals surface area contributed by atoms with Crippen molar-refractivity contribution >= 4 is 0 Å². The molecule has 0 bridgehead atoms. The number of phenols is 1. The second kappa shape index (κ2) is 8.75. The van der Waals surface area contributed by atoms with Gasteiger partial charge in [-0.05, 0) is 67.3 Å². The molecule has 2 aliphatic rings. The minimum Gasteiger partial charge on any atom is -0.508 e. The molecule has 3 unspecified atom stereocenters. The fourth-order valence-corrected chi connectivity index (χ4v) is 5.13. The first kappa shape index (κ1) is 19.7. The third-order valence-electron chi connectivity index (χ3n) is 7.25. The van der Waals surface area contributed by atoms with Crippen LogP contribution in [-0.4, -0.2) is 35.7 Å². The Labute approximate surface area is 160 Å². The van der Waals surface area contributed by atoms with E-state index in [2.05, 4.69) is 24.8 Å². The van der Waals surface area contributed by atoms with E-state index in [1.807, 2.05) is 12.1 Å². The minimum absolute atomic E-state index is 0.152. The van der Waals surface area contributed by atoms with Crippen molar-refractivity contribution in [3.05, 3.63) is 29.8 Å². The van der Waals surface area contributed by atoms with Gasteiger partial charge in [0, 0.05) is 12.6 Å². The lowest BCUT2D eigenvalue weighted by Crippen LogP contribution is -2.48. The van der Waals surface area contributed by atoms with Crippen molar-refractivity contribution in [2.45, 2.75) is 76.7 Å². The second-order valence-electron chi connectivity index (χ2n) is 9.21. The maximum absolute atomic E-state index is 9.85. The van der Waals surface area contributed by atoms with Gasteiger partial charge in [0.15, 0.2) is 0 Å². The summed E-state index contributed by atoms with van der Waals surface area (Å²) in [5.74, 6) is 1.84. The Morgan fingerprint density at radius 1 is 1.27 bits per heavy atom. The van der Waals surface area contributed by atoms with E-state index in [4.69, 9.17) is 5.73 Å². The lowest BCUT2D eigenvalue weighted by atomic mass is 9.68. The number of hydrogen-bond acceptors (Lipinski definition) is 3. The molecule has 1 heterocycles. The smallest absolute Gasteiger partial charge is 0.115 e. The van der Waals surface area contributed by atoms with Crippen molar-refractivity contribution in [3.63, 3.8) is 0 Å². The molecule has 3 N–H and O–H groups in total. The zero-order valence-electron chi connectivity index (χ0n) is 16.8. The molecular weight excluding hydrogens is 320 g/mol. The standard InChI is InChI=1S/C23H38N2O/c1-18-17-25(13-11-21(24)15-19-7-4-3-5-8-19)14-12-23(18,2)20-9-6-10-22(26)16-20/h6,9-10,16,18-19,21,26H,3-5,7-8,11-15,17,24H2,1-2H3. The molecule has 0 radical (unpaired) electrons. The summed E-state index contributed by atoms with van der Waals surface area (Å²) in [6, 6.07) is 8.23. The predicted octanol–water partition coefficient (Wildman–Crippen LogP) is 4.68. The van der Waals surface area contributed by atoms with Crippen molar-refractivity contribution in [3.8, 4) is 5.75 Å². The van der Waals surface area contributed by atoms with Crippen LogP contribution < -0.4 is 5.73 Å². The number of nitrogens with two attached hydrogens (primary N) is 1. The van der Waals surface area contributed by atoms with Gasteiger partial charge in [-0.15, -0.1) is 0 Å². The quantitative estimate of drug-likeness (QED) is 0.776. The maximum Gasteiger partial charge on any atom is 0.115 e. The number of nitrogens with zero attached hydrogens (tertiary/aromatic N) is 1. The molecule has 1 aromatic rings. The average Bonchev–Trinajstić information content (AvgIpc) is 2.63. The van der Waals surface area contributed by atoms with E-state index in [-0.39, 0.29) is 5.41 Å². The van der Waals surface area contributed by atoms with Gasteiger partial charge >= 0.3 is 0 Å². The molecule has 1 aromatic carbocycles. The summed E-state index contributed by atoms with van der Waals surface area (Å²) in [5.41, 5.74) is 7.89. The Balaban J connectivity index is 1.47. The van der Waals surface area contributed by atoms with Crippen LogP contribution in [0.1, 0.15) is 70.8 Å². The Morgan fingerprint density at radius 2 is 2.04 bits per heavy atom. The molecule has 3 heteroatoms. The molecule has 0 spiro atoms. The van der Waals surface area contributed by atoms with Gasteiger partial charge in [0.1, 0.15) is 5.75 Å². The van der Waals surface area contributed by atoms with Gasteiger partial charge in [0.05, 0.1) is 0 Å².